The molecule has 0 saturated carbocycles. The van der Waals surface area contributed by atoms with Crippen molar-refractivity contribution < 1.29 is 42.7 Å². The number of carbonyl (C=O) groups is 1. The van der Waals surface area contributed by atoms with Crippen LogP contribution >= 0.6 is 0 Å². The summed E-state index contributed by atoms with van der Waals surface area (Å²) >= 11 is 0. The van der Waals surface area contributed by atoms with Crippen LogP contribution in [0.25, 0.3) is 11.1 Å². The van der Waals surface area contributed by atoms with Crippen molar-refractivity contribution in [2.75, 3.05) is 40.6 Å². The highest BCUT2D eigenvalue weighted by atomic mass is 19.1. The first kappa shape index (κ1) is 25.2. The fourth-order valence-electron chi connectivity index (χ4n) is 4.51. The Hall–Kier alpha value is -2.88. The molecule has 0 aromatic heterocycles. The largest absolute Gasteiger partial charge is 0.496 e. The van der Waals surface area contributed by atoms with E-state index < -0.39 is 17.4 Å². The lowest BCUT2D eigenvalue weighted by Gasteiger charge is -2.33. The Morgan fingerprint density at radius 1 is 1.11 bits per heavy atom. The van der Waals surface area contributed by atoms with Gasteiger partial charge in [-0.25, -0.2) is 9.18 Å². The zero-order valence-electron chi connectivity index (χ0n) is 20.2. The van der Waals surface area contributed by atoms with Gasteiger partial charge in [-0.05, 0) is 42.7 Å². The van der Waals surface area contributed by atoms with Crippen LogP contribution in [0.1, 0.15) is 30.4 Å². The lowest BCUT2D eigenvalue weighted by molar-refractivity contribution is -0.163. The maximum atomic E-state index is 15.5. The van der Waals surface area contributed by atoms with E-state index in [2.05, 4.69) is 0 Å². The van der Waals surface area contributed by atoms with E-state index in [1.54, 1.807) is 31.2 Å². The number of benzene rings is 2. The van der Waals surface area contributed by atoms with Crippen LogP contribution in [0, 0.1) is 12.7 Å². The van der Waals surface area contributed by atoms with E-state index in [9.17, 15) is 9.90 Å². The van der Waals surface area contributed by atoms with Gasteiger partial charge in [0.25, 0.3) is 0 Å². The minimum Gasteiger partial charge on any atom is -0.496 e. The van der Waals surface area contributed by atoms with Crippen LogP contribution in [0.15, 0.2) is 24.3 Å². The molecular formula is C26H31FO8. The van der Waals surface area contributed by atoms with E-state index in [1.165, 1.54) is 14.2 Å². The molecule has 0 unspecified atom stereocenters. The molecule has 2 aromatic rings. The molecule has 0 amide bonds. The predicted molar refractivity (Wildman–Crippen MR) is 125 cm³/mol. The fraction of sp³-hybridized carbons (Fsp3) is 0.500. The van der Waals surface area contributed by atoms with Gasteiger partial charge in [0, 0.05) is 30.6 Å². The SMILES string of the molecule is COc1cc(-c2ccc(OC3(C(=O)O)CCOCC3)cc2CO[C@@H]2CCOC2)c(F)c(OC)c1C. The zero-order chi connectivity index (χ0) is 25.0. The molecular weight excluding hydrogens is 459 g/mol. The van der Waals surface area contributed by atoms with Crippen molar-refractivity contribution >= 4 is 5.97 Å². The summed E-state index contributed by atoms with van der Waals surface area (Å²) in [4.78, 5) is 12.1. The number of aliphatic carboxylic acids is 1. The molecule has 0 bridgehead atoms. The Balaban J connectivity index is 1.75. The zero-order valence-corrected chi connectivity index (χ0v) is 20.2. The Bertz CT molecular complexity index is 1060. The second-order valence-corrected chi connectivity index (χ2v) is 8.73. The summed E-state index contributed by atoms with van der Waals surface area (Å²) in [6.07, 6.45) is 1.17. The second-order valence-electron chi connectivity index (χ2n) is 8.73. The number of carboxylic acid groups (broad SMARTS) is 1. The van der Waals surface area contributed by atoms with Gasteiger partial charge < -0.3 is 33.5 Å². The quantitative estimate of drug-likeness (QED) is 0.561. The van der Waals surface area contributed by atoms with Gasteiger partial charge in [-0.3, -0.25) is 0 Å². The lowest BCUT2D eigenvalue weighted by Crippen LogP contribution is -2.49. The number of halogens is 1. The summed E-state index contributed by atoms with van der Waals surface area (Å²) in [6, 6.07) is 6.70. The molecule has 1 atom stereocenters. The fourth-order valence-corrected chi connectivity index (χ4v) is 4.51. The number of ether oxygens (including phenoxy) is 6. The predicted octanol–water partition coefficient (Wildman–Crippen LogP) is 4.14. The van der Waals surface area contributed by atoms with Crippen LogP contribution in [-0.4, -0.2) is 63.4 Å². The smallest absolute Gasteiger partial charge is 0.348 e. The van der Waals surface area contributed by atoms with Crippen molar-refractivity contribution in [2.24, 2.45) is 0 Å². The van der Waals surface area contributed by atoms with Gasteiger partial charge in [0.2, 0.25) is 5.60 Å². The van der Waals surface area contributed by atoms with Crippen molar-refractivity contribution in [3.63, 3.8) is 0 Å². The van der Waals surface area contributed by atoms with Crippen LogP contribution in [0.5, 0.6) is 17.2 Å². The van der Waals surface area contributed by atoms with Crippen molar-refractivity contribution in [3.8, 4) is 28.4 Å². The number of hydrogen-bond acceptors (Lipinski definition) is 7. The molecule has 0 aliphatic carbocycles. The molecule has 190 valence electrons. The third-order valence-electron chi connectivity index (χ3n) is 6.58. The summed E-state index contributed by atoms with van der Waals surface area (Å²) in [7, 11) is 2.93. The van der Waals surface area contributed by atoms with Crippen LogP contribution in [0.2, 0.25) is 0 Å². The van der Waals surface area contributed by atoms with Crippen molar-refractivity contribution in [1.82, 2.24) is 0 Å². The third-order valence-corrected chi connectivity index (χ3v) is 6.58. The molecule has 35 heavy (non-hydrogen) atoms. The first-order valence-corrected chi connectivity index (χ1v) is 11.6. The molecule has 2 aromatic carbocycles. The summed E-state index contributed by atoms with van der Waals surface area (Å²) < 4.78 is 49.1. The van der Waals surface area contributed by atoms with Gasteiger partial charge >= 0.3 is 5.97 Å². The Morgan fingerprint density at radius 2 is 1.89 bits per heavy atom. The first-order chi connectivity index (χ1) is 16.9. The molecule has 2 aliphatic heterocycles. The van der Waals surface area contributed by atoms with Crippen LogP contribution < -0.4 is 14.2 Å². The highest BCUT2D eigenvalue weighted by Crippen LogP contribution is 2.41. The number of rotatable bonds is 9. The minimum absolute atomic E-state index is 0.0692. The van der Waals surface area contributed by atoms with E-state index in [4.69, 9.17) is 28.4 Å². The molecule has 2 heterocycles. The van der Waals surface area contributed by atoms with E-state index in [1.807, 2.05) is 0 Å². The van der Waals surface area contributed by atoms with E-state index >= 15 is 4.39 Å². The van der Waals surface area contributed by atoms with E-state index in [0.29, 0.717) is 54.6 Å². The van der Waals surface area contributed by atoms with E-state index in [-0.39, 0.29) is 36.9 Å². The normalized spacial score (nSPS) is 19.4. The molecule has 1 N–H and O–H groups in total. The van der Waals surface area contributed by atoms with Crippen molar-refractivity contribution in [1.29, 1.82) is 0 Å². The van der Waals surface area contributed by atoms with Gasteiger partial charge in [0.15, 0.2) is 11.6 Å². The average Bonchev–Trinajstić information content (AvgIpc) is 3.38. The molecule has 0 radical (unpaired) electrons. The monoisotopic (exact) mass is 490 g/mol. The first-order valence-electron chi connectivity index (χ1n) is 11.6. The number of hydrogen-bond donors (Lipinski definition) is 1. The third kappa shape index (κ3) is 5.22. The van der Waals surface area contributed by atoms with Gasteiger partial charge in [0.05, 0.1) is 46.8 Å². The lowest BCUT2D eigenvalue weighted by atomic mass is 9.93. The summed E-state index contributed by atoms with van der Waals surface area (Å²) in [5.74, 6) is -0.601. The number of carboxylic acids is 1. The maximum Gasteiger partial charge on any atom is 0.348 e. The summed E-state index contributed by atoms with van der Waals surface area (Å²) in [6.45, 7) is 3.62. The van der Waals surface area contributed by atoms with Gasteiger partial charge in [0.1, 0.15) is 11.5 Å². The van der Waals surface area contributed by atoms with Crippen LogP contribution in [0.4, 0.5) is 4.39 Å². The molecule has 9 heteroatoms. The average molecular weight is 491 g/mol. The Morgan fingerprint density at radius 3 is 2.51 bits per heavy atom. The van der Waals surface area contributed by atoms with Crippen molar-refractivity contribution in [2.45, 2.75) is 44.5 Å². The van der Waals surface area contributed by atoms with E-state index in [0.717, 1.165) is 6.42 Å². The maximum absolute atomic E-state index is 15.5. The molecule has 2 fully saturated rings. The summed E-state index contributed by atoms with van der Waals surface area (Å²) in [5, 5.41) is 9.88. The van der Waals surface area contributed by atoms with Gasteiger partial charge in [-0.1, -0.05) is 6.07 Å². The van der Waals surface area contributed by atoms with Crippen molar-refractivity contribution in [3.05, 3.63) is 41.2 Å². The standard InChI is InChI=1S/C26H31FO8/c1-16-22(30-2)13-21(23(27)24(16)31-3)20-5-4-18(12-17(20)14-34-19-6-9-33-15-19)35-26(25(28)29)7-10-32-11-8-26/h4-5,12-13,19H,6-11,14-15H2,1-3H3,(H,28,29)/t19-/m1/s1. The molecule has 4 rings (SSSR count). The van der Waals surface area contributed by atoms with Gasteiger partial charge in [-0.2, -0.15) is 0 Å². The molecule has 2 aliphatic rings. The van der Waals surface area contributed by atoms with Gasteiger partial charge in [-0.15, -0.1) is 0 Å². The second kappa shape index (κ2) is 10.8. The topological polar surface area (TPSA) is 92.7 Å². The minimum atomic E-state index is -1.38. The molecule has 2 saturated heterocycles. The Labute approximate surface area is 203 Å². The van der Waals surface area contributed by atoms with Crippen LogP contribution in [0.3, 0.4) is 0 Å². The summed E-state index contributed by atoms with van der Waals surface area (Å²) in [5.41, 5.74) is 0.686. The molecule has 8 nitrogen and oxygen atoms in total. The Kier molecular flexibility index (Phi) is 7.78. The highest BCUT2D eigenvalue weighted by Gasteiger charge is 2.43. The number of methoxy groups -OCH3 is 2. The molecule has 0 spiro atoms. The highest BCUT2D eigenvalue weighted by molar-refractivity contribution is 5.78. The van der Waals surface area contributed by atoms with Crippen LogP contribution in [-0.2, 0) is 25.6 Å².